The third kappa shape index (κ3) is 3.47. The van der Waals surface area contributed by atoms with Crippen LogP contribution < -0.4 is 5.32 Å². The van der Waals surface area contributed by atoms with Crippen molar-refractivity contribution in [2.45, 2.75) is 25.5 Å². The fourth-order valence-corrected chi connectivity index (χ4v) is 3.11. The first-order valence-electron chi connectivity index (χ1n) is 7.21. The van der Waals surface area contributed by atoms with Crippen molar-refractivity contribution >= 4 is 26.5 Å². The number of carbonyl (C=O) groups excluding carboxylic acids is 1. The SMILES string of the molecule is CC(C)(C)S(=O)(=O)CCNC(=O)c1cccc2ccccc12. The molecular weight excluding hydrogens is 298 g/mol. The molecule has 2 aromatic rings. The Kier molecular flexibility index (Phi) is 4.56. The fraction of sp³-hybridized carbons (Fsp3) is 0.353. The Bertz CT molecular complexity index is 784. The monoisotopic (exact) mass is 319 g/mol. The molecule has 0 atom stereocenters. The number of rotatable bonds is 4. The van der Waals surface area contributed by atoms with Crippen molar-refractivity contribution in [3.05, 3.63) is 48.0 Å². The van der Waals surface area contributed by atoms with Crippen molar-refractivity contribution in [3.63, 3.8) is 0 Å². The first-order chi connectivity index (χ1) is 10.2. The third-order valence-corrected chi connectivity index (χ3v) is 6.23. The van der Waals surface area contributed by atoms with Crippen molar-refractivity contribution < 1.29 is 13.2 Å². The molecule has 0 heterocycles. The third-order valence-electron chi connectivity index (χ3n) is 3.62. The molecule has 0 aliphatic carbocycles. The molecule has 118 valence electrons. The molecule has 0 aliphatic heterocycles. The summed E-state index contributed by atoms with van der Waals surface area (Å²) in [5.41, 5.74) is 0.561. The van der Waals surface area contributed by atoms with Gasteiger partial charge in [0.1, 0.15) is 0 Å². The van der Waals surface area contributed by atoms with Crippen LogP contribution in [0.3, 0.4) is 0 Å². The van der Waals surface area contributed by atoms with E-state index >= 15 is 0 Å². The Hall–Kier alpha value is -1.88. The Morgan fingerprint density at radius 1 is 1.05 bits per heavy atom. The number of sulfone groups is 1. The summed E-state index contributed by atoms with van der Waals surface area (Å²) < 4.78 is 23.3. The summed E-state index contributed by atoms with van der Waals surface area (Å²) in [6.07, 6.45) is 0. The van der Waals surface area contributed by atoms with E-state index in [0.717, 1.165) is 10.8 Å². The van der Waals surface area contributed by atoms with E-state index in [1.165, 1.54) is 0 Å². The van der Waals surface area contributed by atoms with E-state index in [1.54, 1.807) is 26.8 Å². The number of amides is 1. The number of benzene rings is 2. The van der Waals surface area contributed by atoms with E-state index in [0.29, 0.717) is 5.56 Å². The molecular formula is C17H21NO3S. The summed E-state index contributed by atoms with van der Waals surface area (Å²) in [5.74, 6) is -0.312. The quantitative estimate of drug-likeness (QED) is 0.942. The molecule has 0 saturated carbocycles. The van der Waals surface area contributed by atoms with Gasteiger partial charge in [0.05, 0.1) is 10.5 Å². The maximum Gasteiger partial charge on any atom is 0.251 e. The van der Waals surface area contributed by atoms with Gasteiger partial charge in [-0.15, -0.1) is 0 Å². The lowest BCUT2D eigenvalue weighted by atomic mass is 10.0. The summed E-state index contributed by atoms with van der Waals surface area (Å²) in [6, 6.07) is 13.1. The summed E-state index contributed by atoms with van der Waals surface area (Å²) in [4.78, 5) is 12.3. The maximum atomic E-state index is 12.3. The van der Waals surface area contributed by atoms with E-state index in [-0.39, 0.29) is 18.2 Å². The van der Waals surface area contributed by atoms with Crippen LogP contribution in [0.15, 0.2) is 42.5 Å². The molecule has 5 heteroatoms. The fourth-order valence-electron chi connectivity index (χ4n) is 2.12. The minimum Gasteiger partial charge on any atom is -0.351 e. The minimum absolute atomic E-state index is 0.0625. The van der Waals surface area contributed by atoms with Gasteiger partial charge in [-0.2, -0.15) is 0 Å². The van der Waals surface area contributed by atoms with Gasteiger partial charge in [0, 0.05) is 12.1 Å². The molecule has 0 saturated heterocycles. The Morgan fingerprint density at radius 3 is 2.36 bits per heavy atom. The topological polar surface area (TPSA) is 63.2 Å². The number of fused-ring (bicyclic) bond motifs is 1. The summed E-state index contributed by atoms with van der Waals surface area (Å²) >= 11 is 0. The highest BCUT2D eigenvalue weighted by Gasteiger charge is 2.28. The van der Waals surface area contributed by atoms with Gasteiger partial charge in [-0.3, -0.25) is 4.79 Å². The van der Waals surface area contributed by atoms with Crippen LogP contribution in [0.1, 0.15) is 31.1 Å². The molecule has 0 aliphatic rings. The molecule has 1 N–H and O–H groups in total. The van der Waals surface area contributed by atoms with E-state index < -0.39 is 14.6 Å². The lowest BCUT2D eigenvalue weighted by molar-refractivity contribution is 0.0957. The van der Waals surface area contributed by atoms with Gasteiger partial charge >= 0.3 is 0 Å². The lowest BCUT2D eigenvalue weighted by Crippen LogP contribution is -2.36. The number of nitrogens with one attached hydrogen (secondary N) is 1. The highest BCUT2D eigenvalue weighted by Crippen LogP contribution is 2.18. The van der Waals surface area contributed by atoms with Crippen molar-refractivity contribution in [1.82, 2.24) is 5.32 Å². The van der Waals surface area contributed by atoms with E-state index in [1.807, 2.05) is 36.4 Å². The predicted octanol–water partition coefficient (Wildman–Crippen LogP) is 2.78. The van der Waals surface area contributed by atoms with Gasteiger partial charge in [0.15, 0.2) is 9.84 Å². The highest BCUT2D eigenvalue weighted by atomic mass is 32.2. The molecule has 22 heavy (non-hydrogen) atoms. The van der Waals surface area contributed by atoms with Gasteiger partial charge in [-0.1, -0.05) is 36.4 Å². The smallest absolute Gasteiger partial charge is 0.251 e. The second-order valence-electron chi connectivity index (χ2n) is 6.21. The highest BCUT2D eigenvalue weighted by molar-refractivity contribution is 7.92. The molecule has 2 aromatic carbocycles. The van der Waals surface area contributed by atoms with Crippen molar-refractivity contribution in [3.8, 4) is 0 Å². The van der Waals surface area contributed by atoms with Gasteiger partial charge in [0.2, 0.25) is 0 Å². The number of hydrogen-bond donors (Lipinski definition) is 1. The van der Waals surface area contributed by atoms with Gasteiger partial charge < -0.3 is 5.32 Å². The largest absolute Gasteiger partial charge is 0.351 e. The average molecular weight is 319 g/mol. The number of hydrogen-bond acceptors (Lipinski definition) is 3. The average Bonchev–Trinajstić information content (AvgIpc) is 2.45. The zero-order valence-electron chi connectivity index (χ0n) is 13.1. The molecule has 0 fully saturated rings. The standard InChI is InChI=1S/C17H21NO3S/c1-17(2,3)22(20,21)12-11-18-16(19)15-10-6-8-13-7-4-5-9-14(13)15/h4-10H,11-12H2,1-3H3,(H,18,19). The van der Waals surface area contributed by atoms with Gasteiger partial charge in [-0.05, 0) is 37.6 Å². The van der Waals surface area contributed by atoms with Crippen LogP contribution in [-0.2, 0) is 9.84 Å². The van der Waals surface area contributed by atoms with E-state index in [9.17, 15) is 13.2 Å². The Balaban J connectivity index is 2.10. The zero-order valence-corrected chi connectivity index (χ0v) is 13.9. The van der Waals surface area contributed by atoms with Crippen LogP contribution in [-0.4, -0.2) is 31.4 Å². The van der Waals surface area contributed by atoms with Crippen molar-refractivity contribution in [1.29, 1.82) is 0 Å². The first-order valence-corrected chi connectivity index (χ1v) is 8.86. The van der Waals surface area contributed by atoms with Crippen LogP contribution in [0.4, 0.5) is 0 Å². The summed E-state index contributed by atoms with van der Waals surface area (Å²) in [7, 11) is -3.23. The molecule has 0 radical (unpaired) electrons. The summed E-state index contributed by atoms with van der Waals surface area (Å²) in [5, 5.41) is 4.55. The maximum absolute atomic E-state index is 12.3. The van der Waals surface area contributed by atoms with E-state index in [2.05, 4.69) is 5.32 Å². The molecule has 0 aromatic heterocycles. The van der Waals surface area contributed by atoms with Crippen LogP contribution in [0, 0.1) is 0 Å². The molecule has 0 spiro atoms. The molecule has 0 bridgehead atoms. The normalized spacial score (nSPS) is 12.3. The van der Waals surface area contributed by atoms with Crippen LogP contribution in [0.2, 0.25) is 0 Å². The first kappa shape index (κ1) is 16.5. The Morgan fingerprint density at radius 2 is 1.68 bits per heavy atom. The van der Waals surface area contributed by atoms with Crippen LogP contribution in [0.5, 0.6) is 0 Å². The predicted molar refractivity (Wildman–Crippen MR) is 89.8 cm³/mol. The van der Waals surface area contributed by atoms with Crippen molar-refractivity contribution in [2.75, 3.05) is 12.3 Å². The molecule has 2 rings (SSSR count). The van der Waals surface area contributed by atoms with Gasteiger partial charge in [-0.25, -0.2) is 8.42 Å². The van der Waals surface area contributed by atoms with Crippen LogP contribution >= 0.6 is 0 Å². The van der Waals surface area contributed by atoms with E-state index in [4.69, 9.17) is 0 Å². The van der Waals surface area contributed by atoms with Crippen molar-refractivity contribution in [2.24, 2.45) is 0 Å². The second-order valence-corrected chi connectivity index (χ2v) is 9.08. The lowest BCUT2D eigenvalue weighted by Gasteiger charge is -2.19. The summed E-state index contributed by atoms with van der Waals surface area (Å²) in [6.45, 7) is 5.10. The zero-order chi connectivity index (χ0) is 16.4. The van der Waals surface area contributed by atoms with Crippen LogP contribution in [0.25, 0.3) is 10.8 Å². The molecule has 4 nitrogen and oxygen atoms in total. The van der Waals surface area contributed by atoms with Gasteiger partial charge in [0.25, 0.3) is 5.91 Å². The second kappa shape index (κ2) is 6.08. The molecule has 0 unspecified atom stereocenters. The Labute approximate surface area is 131 Å². The minimum atomic E-state index is -3.23. The number of carbonyl (C=O) groups is 1. The molecule has 1 amide bonds.